The van der Waals surface area contributed by atoms with Crippen LogP contribution < -0.4 is 20.1 Å². The SMILES string of the molecule is CNC(=O)c1ccc(Nc2ncc3c(n2)-c2ccc(Cl)cc2C(c2c(F)cccc2OC)=NC3)cc1OC. The molecule has 192 valence electrons. The van der Waals surface area contributed by atoms with Crippen molar-refractivity contribution in [3.05, 3.63) is 93.9 Å². The number of rotatable bonds is 6. The Morgan fingerprint density at radius 3 is 2.61 bits per heavy atom. The second-order valence-corrected chi connectivity index (χ2v) is 8.79. The van der Waals surface area contributed by atoms with E-state index in [-0.39, 0.29) is 18.0 Å². The molecular weight excluding hydrogens is 509 g/mol. The Bertz CT molecular complexity index is 1590. The number of hydrogen-bond acceptors (Lipinski definition) is 7. The van der Waals surface area contributed by atoms with Crippen LogP contribution in [0, 0.1) is 5.82 Å². The molecule has 1 aliphatic rings. The van der Waals surface area contributed by atoms with Gasteiger partial charge in [0.25, 0.3) is 5.91 Å². The fraction of sp³-hybridized carbons (Fsp3) is 0.143. The summed E-state index contributed by atoms with van der Waals surface area (Å²) in [6.45, 7) is 0.226. The van der Waals surface area contributed by atoms with Crippen molar-refractivity contribution in [1.29, 1.82) is 0 Å². The number of halogens is 2. The van der Waals surface area contributed by atoms with E-state index in [1.165, 1.54) is 20.3 Å². The minimum atomic E-state index is -0.456. The lowest BCUT2D eigenvalue weighted by molar-refractivity contribution is 0.0960. The molecule has 0 fully saturated rings. The van der Waals surface area contributed by atoms with Gasteiger partial charge in [-0.2, -0.15) is 0 Å². The minimum Gasteiger partial charge on any atom is -0.496 e. The van der Waals surface area contributed by atoms with Gasteiger partial charge in [0, 0.05) is 46.7 Å². The second kappa shape index (κ2) is 10.5. The summed E-state index contributed by atoms with van der Waals surface area (Å²) in [6.07, 6.45) is 1.68. The van der Waals surface area contributed by atoms with E-state index in [9.17, 15) is 4.79 Å². The van der Waals surface area contributed by atoms with E-state index in [4.69, 9.17) is 31.1 Å². The van der Waals surface area contributed by atoms with Gasteiger partial charge in [0.15, 0.2) is 0 Å². The molecule has 2 heterocycles. The van der Waals surface area contributed by atoms with Gasteiger partial charge in [-0.25, -0.2) is 14.4 Å². The van der Waals surface area contributed by atoms with Crippen molar-refractivity contribution in [3.63, 3.8) is 0 Å². The summed E-state index contributed by atoms with van der Waals surface area (Å²) in [7, 11) is 4.54. The molecule has 0 spiro atoms. The lowest BCUT2D eigenvalue weighted by Gasteiger charge is -2.15. The van der Waals surface area contributed by atoms with Crippen LogP contribution >= 0.6 is 11.6 Å². The van der Waals surface area contributed by atoms with E-state index < -0.39 is 5.82 Å². The number of benzene rings is 3. The predicted molar refractivity (Wildman–Crippen MR) is 144 cm³/mol. The second-order valence-electron chi connectivity index (χ2n) is 8.36. The summed E-state index contributed by atoms with van der Waals surface area (Å²) in [5.41, 5.74) is 4.45. The molecule has 0 bridgehead atoms. The average Bonchev–Trinajstić information content (AvgIpc) is 3.08. The first kappa shape index (κ1) is 25.2. The van der Waals surface area contributed by atoms with E-state index >= 15 is 4.39 Å². The molecule has 5 rings (SSSR count). The molecule has 0 saturated carbocycles. The summed E-state index contributed by atoms with van der Waals surface area (Å²) in [6, 6.07) is 15.1. The van der Waals surface area contributed by atoms with Crippen LogP contribution in [0.3, 0.4) is 0 Å². The minimum absolute atomic E-state index is 0.226. The van der Waals surface area contributed by atoms with E-state index in [1.54, 1.807) is 55.7 Å². The summed E-state index contributed by atoms with van der Waals surface area (Å²) in [5, 5.41) is 6.23. The maximum atomic E-state index is 15.1. The number of carbonyl (C=O) groups is 1. The molecule has 1 aliphatic heterocycles. The summed E-state index contributed by atoms with van der Waals surface area (Å²) in [5.74, 6) is 0.380. The van der Waals surface area contributed by atoms with Crippen molar-refractivity contribution in [3.8, 4) is 22.8 Å². The molecule has 0 saturated heterocycles. The van der Waals surface area contributed by atoms with Gasteiger partial charge >= 0.3 is 0 Å². The van der Waals surface area contributed by atoms with E-state index in [1.807, 2.05) is 6.07 Å². The fourth-order valence-corrected chi connectivity index (χ4v) is 4.49. The normalized spacial score (nSPS) is 12.0. The quantitative estimate of drug-likeness (QED) is 0.345. The van der Waals surface area contributed by atoms with Crippen molar-refractivity contribution in [2.75, 3.05) is 26.6 Å². The zero-order valence-corrected chi connectivity index (χ0v) is 21.6. The largest absolute Gasteiger partial charge is 0.496 e. The highest BCUT2D eigenvalue weighted by atomic mass is 35.5. The van der Waals surface area contributed by atoms with Gasteiger partial charge in [0.2, 0.25) is 5.95 Å². The maximum absolute atomic E-state index is 15.1. The molecule has 4 aromatic rings. The molecule has 8 nitrogen and oxygen atoms in total. The lowest BCUT2D eigenvalue weighted by atomic mass is 9.94. The Morgan fingerprint density at radius 1 is 1.03 bits per heavy atom. The van der Waals surface area contributed by atoms with Crippen molar-refractivity contribution in [2.45, 2.75) is 6.54 Å². The topological polar surface area (TPSA) is 97.7 Å². The number of anilines is 2. The monoisotopic (exact) mass is 531 g/mol. The lowest BCUT2D eigenvalue weighted by Crippen LogP contribution is -2.18. The van der Waals surface area contributed by atoms with Gasteiger partial charge in [-0.05, 0) is 36.4 Å². The maximum Gasteiger partial charge on any atom is 0.254 e. The third kappa shape index (κ3) is 4.64. The molecule has 0 aliphatic carbocycles. The molecule has 0 unspecified atom stereocenters. The van der Waals surface area contributed by atoms with Gasteiger partial charge in [-0.1, -0.05) is 23.7 Å². The van der Waals surface area contributed by atoms with Crippen LogP contribution in [-0.2, 0) is 6.54 Å². The van der Waals surface area contributed by atoms with Gasteiger partial charge in [0.05, 0.1) is 43.3 Å². The van der Waals surface area contributed by atoms with Crippen molar-refractivity contribution >= 4 is 34.9 Å². The zero-order valence-electron chi connectivity index (χ0n) is 20.8. The van der Waals surface area contributed by atoms with Crippen LogP contribution in [0.5, 0.6) is 11.5 Å². The highest BCUT2D eigenvalue weighted by Gasteiger charge is 2.25. The predicted octanol–water partition coefficient (Wildman–Crippen LogP) is 5.41. The van der Waals surface area contributed by atoms with E-state index in [2.05, 4.69) is 15.6 Å². The molecule has 1 amide bonds. The standard InChI is InChI=1S/C28H23ClFN5O3/c1-31-27(36)19-10-8-17(12-23(19)38-3)34-28-33-14-15-13-32-26(24-21(30)5-4-6-22(24)37-2)20-11-16(29)7-9-18(20)25(15)35-28/h4-12,14H,13H2,1-3H3,(H,31,36)(H,33,34,35). The Balaban J connectivity index is 1.58. The van der Waals surface area contributed by atoms with Crippen molar-refractivity contribution in [2.24, 2.45) is 4.99 Å². The fourth-order valence-electron chi connectivity index (χ4n) is 4.32. The number of hydrogen-bond donors (Lipinski definition) is 2. The van der Waals surface area contributed by atoms with Gasteiger partial charge in [-0.15, -0.1) is 0 Å². The van der Waals surface area contributed by atoms with E-state index in [0.717, 1.165) is 11.1 Å². The number of methoxy groups -OCH3 is 2. The molecule has 0 radical (unpaired) electrons. The summed E-state index contributed by atoms with van der Waals surface area (Å²) >= 11 is 6.37. The van der Waals surface area contributed by atoms with E-state index in [0.29, 0.717) is 50.7 Å². The highest BCUT2D eigenvalue weighted by molar-refractivity contribution is 6.31. The van der Waals surface area contributed by atoms with Gasteiger partial charge < -0.3 is 20.1 Å². The Labute approximate surface area is 223 Å². The zero-order chi connectivity index (χ0) is 26.8. The molecule has 3 aromatic carbocycles. The Kier molecular flexibility index (Phi) is 6.93. The van der Waals surface area contributed by atoms with Crippen LogP contribution in [0.25, 0.3) is 11.3 Å². The molecular formula is C28H23ClFN5O3. The smallest absolute Gasteiger partial charge is 0.254 e. The number of nitrogens with zero attached hydrogens (tertiary/aromatic N) is 3. The molecule has 10 heteroatoms. The number of amides is 1. The first-order valence-corrected chi connectivity index (χ1v) is 12.0. The first-order chi connectivity index (χ1) is 18.4. The third-order valence-corrected chi connectivity index (χ3v) is 6.36. The number of aromatic nitrogens is 2. The average molecular weight is 532 g/mol. The number of nitrogens with one attached hydrogen (secondary N) is 2. The molecule has 1 aromatic heterocycles. The van der Waals surface area contributed by atoms with Crippen molar-refractivity contribution < 1.29 is 18.7 Å². The molecule has 2 N–H and O–H groups in total. The van der Waals surface area contributed by atoms with Crippen LogP contribution in [0.4, 0.5) is 16.0 Å². The van der Waals surface area contributed by atoms with Crippen LogP contribution in [0.1, 0.15) is 27.0 Å². The number of aliphatic imine (C=N–C) groups is 1. The Morgan fingerprint density at radius 2 is 1.84 bits per heavy atom. The summed E-state index contributed by atoms with van der Waals surface area (Å²) in [4.78, 5) is 26.1. The summed E-state index contributed by atoms with van der Waals surface area (Å²) < 4.78 is 25.9. The van der Waals surface area contributed by atoms with Crippen LogP contribution in [0.2, 0.25) is 5.02 Å². The molecule has 38 heavy (non-hydrogen) atoms. The van der Waals surface area contributed by atoms with Crippen LogP contribution in [-0.4, -0.2) is 42.9 Å². The number of ether oxygens (including phenoxy) is 2. The van der Waals surface area contributed by atoms with Gasteiger partial charge in [0.1, 0.15) is 17.3 Å². The Hall–Kier alpha value is -4.50. The van der Waals surface area contributed by atoms with Gasteiger partial charge in [-0.3, -0.25) is 9.79 Å². The molecule has 0 atom stereocenters. The number of carbonyl (C=O) groups excluding carboxylic acids is 1. The first-order valence-electron chi connectivity index (χ1n) is 11.6. The number of fused-ring (bicyclic) bond motifs is 3. The third-order valence-electron chi connectivity index (χ3n) is 6.13. The highest BCUT2D eigenvalue weighted by Crippen LogP contribution is 2.36. The van der Waals surface area contributed by atoms with Crippen molar-refractivity contribution in [1.82, 2.24) is 15.3 Å². The van der Waals surface area contributed by atoms with Crippen LogP contribution in [0.15, 0.2) is 65.8 Å².